The molecule has 1 aromatic rings. The molecule has 0 unspecified atom stereocenters. The molecule has 1 heterocycles. The molecule has 0 saturated carbocycles. The number of aromatic nitrogens is 2. The van der Waals surface area contributed by atoms with Crippen LogP contribution in [0.1, 0.15) is 5.69 Å². The molecule has 0 amide bonds. The molecule has 1 aromatic heterocycles. The second-order valence-corrected chi connectivity index (χ2v) is 1.34. The van der Waals surface area contributed by atoms with Gasteiger partial charge in [-0.1, -0.05) is 0 Å². The standard InChI is InChI=1S/C5H6N3/c6-3-5-4-7-1-2-8-5/h2,4H,3,6H2. The Labute approximate surface area is 47.6 Å². The van der Waals surface area contributed by atoms with Crippen molar-refractivity contribution in [3.05, 3.63) is 24.3 Å². The van der Waals surface area contributed by atoms with Crippen LogP contribution in [0.4, 0.5) is 0 Å². The van der Waals surface area contributed by atoms with Gasteiger partial charge in [-0.3, -0.25) is 9.97 Å². The minimum Gasteiger partial charge on any atom is -0.325 e. The van der Waals surface area contributed by atoms with Gasteiger partial charge >= 0.3 is 0 Å². The van der Waals surface area contributed by atoms with Crippen LogP contribution < -0.4 is 5.73 Å². The Kier molecular flexibility index (Phi) is 1.54. The average molecular weight is 108 g/mol. The third-order valence-electron chi connectivity index (χ3n) is 0.785. The summed E-state index contributed by atoms with van der Waals surface area (Å²) in [7, 11) is 0. The number of hydrogen-bond donors (Lipinski definition) is 1. The zero-order valence-electron chi connectivity index (χ0n) is 4.33. The van der Waals surface area contributed by atoms with Crippen molar-refractivity contribution >= 4 is 0 Å². The third kappa shape index (κ3) is 1.01. The van der Waals surface area contributed by atoms with Gasteiger partial charge in [0.05, 0.1) is 18.1 Å². The molecule has 8 heavy (non-hydrogen) atoms. The summed E-state index contributed by atoms with van der Waals surface area (Å²) in [6.45, 7) is 0.446. The second kappa shape index (κ2) is 2.37. The summed E-state index contributed by atoms with van der Waals surface area (Å²) in [5.41, 5.74) is 6.03. The molecule has 3 nitrogen and oxygen atoms in total. The van der Waals surface area contributed by atoms with E-state index in [4.69, 9.17) is 5.73 Å². The van der Waals surface area contributed by atoms with E-state index >= 15 is 0 Å². The van der Waals surface area contributed by atoms with Crippen molar-refractivity contribution in [2.45, 2.75) is 6.54 Å². The molecule has 2 N–H and O–H groups in total. The van der Waals surface area contributed by atoms with E-state index < -0.39 is 0 Å². The lowest BCUT2D eigenvalue weighted by atomic mass is 10.5. The van der Waals surface area contributed by atoms with Gasteiger partial charge in [0, 0.05) is 6.54 Å². The molecule has 0 spiro atoms. The predicted octanol–water partition coefficient (Wildman–Crippen LogP) is -0.265. The van der Waals surface area contributed by atoms with Gasteiger partial charge in [0.15, 0.2) is 0 Å². The van der Waals surface area contributed by atoms with E-state index in [1.54, 1.807) is 6.20 Å². The monoisotopic (exact) mass is 108 g/mol. The molecular formula is C5H6N3. The van der Waals surface area contributed by atoms with E-state index in [-0.39, 0.29) is 0 Å². The van der Waals surface area contributed by atoms with Crippen LogP contribution in [0, 0.1) is 6.20 Å². The van der Waals surface area contributed by atoms with Crippen molar-refractivity contribution < 1.29 is 0 Å². The summed E-state index contributed by atoms with van der Waals surface area (Å²) in [5, 5.41) is 0. The van der Waals surface area contributed by atoms with Crippen LogP contribution in [-0.4, -0.2) is 9.97 Å². The van der Waals surface area contributed by atoms with Crippen molar-refractivity contribution in [1.29, 1.82) is 0 Å². The van der Waals surface area contributed by atoms with Gasteiger partial charge < -0.3 is 5.73 Å². The molecule has 0 aromatic carbocycles. The molecule has 3 heteroatoms. The van der Waals surface area contributed by atoms with E-state index in [9.17, 15) is 0 Å². The highest BCUT2D eigenvalue weighted by atomic mass is 14.8. The van der Waals surface area contributed by atoms with Crippen molar-refractivity contribution in [2.75, 3.05) is 0 Å². The molecule has 0 aliphatic carbocycles. The smallest absolute Gasteiger partial charge is 0.108 e. The van der Waals surface area contributed by atoms with Crippen LogP contribution >= 0.6 is 0 Å². The molecule has 0 atom stereocenters. The molecule has 0 saturated heterocycles. The minimum atomic E-state index is 0.446. The van der Waals surface area contributed by atoms with E-state index in [1.165, 1.54) is 6.20 Å². The van der Waals surface area contributed by atoms with Crippen molar-refractivity contribution in [2.24, 2.45) is 5.73 Å². The molecule has 1 radical (unpaired) electrons. The van der Waals surface area contributed by atoms with E-state index in [0.717, 1.165) is 5.69 Å². The van der Waals surface area contributed by atoms with E-state index in [1.807, 2.05) is 0 Å². The molecule has 0 aliphatic rings. The Balaban J connectivity index is 2.83. The predicted molar refractivity (Wildman–Crippen MR) is 28.8 cm³/mol. The lowest BCUT2D eigenvalue weighted by Crippen LogP contribution is -1.98. The highest BCUT2D eigenvalue weighted by Crippen LogP contribution is 1.83. The van der Waals surface area contributed by atoms with Crippen LogP contribution in [0.15, 0.2) is 12.4 Å². The first-order valence-corrected chi connectivity index (χ1v) is 2.30. The first-order chi connectivity index (χ1) is 3.93. The fourth-order valence-electron chi connectivity index (χ4n) is 0.396. The maximum atomic E-state index is 5.23. The topological polar surface area (TPSA) is 51.8 Å². The first kappa shape index (κ1) is 5.18. The Morgan fingerprint density at radius 1 is 1.75 bits per heavy atom. The second-order valence-electron chi connectivity index (χ2n) is 1.34. The fourth-order valence-corrected chi connectivity index (χ4v) is 0.396. The van der Waals surface area contributed by atoms with Gasteiger partial charge in [0.2, 0.25) is 0 Å². The number of nitrogens with zero attached hydrogens (tertiary/aromatic N) is 2. The van der Waals surface area contributed by atoms with Crippen LogP contribution in [0.25, 0.3) is 0 Å². The SMILES string of the molecule is NCc1cn[c]cn1. The Morgan fingerprint density at radius 2 is 2.62 bits per heavy atom. The molecular weight excluding hydrogens is 102 g/mol. The molecule has 0 bridgehead atoms. The van der Waals surface area contributed by atoms with E-state index in [2.05, 4.69) is 16.2 Å². The van der Waals surface area contributed by atoms with Gasteiger partial charge in [-0.15, -0.1) is 0 Å². The lowest BCUT2D eigenvalue weighted by Gasteiger charge is -1.87. The Hall–Kier alpha value is -0.960. The third-order valence-corrected chi connectivity index (χ3v) is 0.785. The summed E-state index contributed by atoms with van der Waals surface area (Å²) in [6.07, 6.45) is 5.65. The maximum Gasteiger partial charge on any atom is 0.108 e. The van der Waals surface area contributed by atoms with Crippen molar-refractivity contribution in [3.63, 3.8) is 0 Å². The van der Waals surface area contributed by atoms with E-state index in [0.29, 0.717) is 6.54 Å². The summed E-state index contributed by atoms with van der Waals surface area (Å²) >= 11 is 0. The summed E-state index contributed by atoms with van der Waals surface area (Å²) in [5.74, 6) is 0. The Bertz CT molecular complexity index is 149. The molecule has 41 valence electrons. The first-order valence-electron chi connectivity index (χ1n) is 2.30. The van der Waals surface area contributed by atoms with Crippen LogP contribution in [0.2, 0.25) is 0 Å². The highest BCUT2D eigenvalue weighted by Gasteiger charge is 1.83. The molecule has 0 fully saturated rings. The quantitative estimate of drug-likeness (QED) is 0.539. The van der Waals surface area contributed by atoms with Crippen LogP contribution in [0.3, 0.4) is 0 Å². The van der Waals surface area contributed by atoms with Crippen LogP contribution in [0.5, 0.6) is 0 Å². The molecule has 0 aliphatic heterocycles. The highest BCUT2D eigenvalue weighted by molar-refractivity contribution is 4.91. The summed E-state index contributed by atoms with van der Waals surface area (Å²) in [4.78, 5) is 7.54. The Morgan fingerprint density at radius 3 is 3.00 bits per heavy atom. The zero-order chi connectivity index (χ0) is 5.82. The van der Waals surface area contributed by atoms with Gasteiger partial charge in [-0.05, 0) is 0 Å². The number of hydrogen-bond acceptors (Lipinski definition) is 3. The lowest BCUT2D eigenvalue weighted by molar-refractivity contribution is 0.961. The van der Waals surface area contributed by atoms with Gasteiger partial charge in [0.25, 0.3) is 0 Å². The van der Waals surface area contributed by atoms with Gasteiger partial charge in [0.1, 0.15) is 6.20 Å². The van der Waals surface area contributed by atoms with Crippen LogP contribution in [-0.2, 0) is 6.54 Å². The maximum absolute atomic E-state index is 5.23. The largest absolute Gasteiger partial charge is 0.325 e. The van der Waals surface area contributed by atoms with Crippen molar-refractivity contribution in [1.82, 2.24) is 9.97 Å². The zero-order valence-corrected chi connectivity index (χ0v) is 4.33. The minimum absolute atomic E-state index is 0.446. The average Bonchev–Trinajstić information content (AvgIpc) is 1.90. The fraction of sp³-hybridized carbons (Fsp3) is 0.200. The number of rotatable bonds is 1. The normalized spacial score (nSPS) is 9.12. The van der Waals surface area contributed by atoms with Gasteiger partial charge in [-0.25, -0.2) is 0 Å². The van der Waals surface area contributed by atoms with Gasteiger partial charge in [-0.2, -0.15) is 0 Å². The summed E-state index contributed by atoms with van der Waals surface area (Å²) in [6, 6.07) is 0. The molecule has 1 rings (SSSR count). The number of nitrogens with two attached hydrogens (primary N) is 1. The summed E-state index contributed by atoms with van der Waals surface area (Å²) < 4.78 is 0. The van der Waals surface area contributed by atoms with Crippen molar-refractivity contribution in [3.8, 4) is 0 Å².